The lowest BCUT2D eigenvalue weighted by Gasteiger charge is -2.21. The van der Waals surface area contributed by atoms with Crippen molar-refractivity contribution in [1.82, 2.24) is 29.9 Å². The summed E-state index contributed by atoms with van der Waals surface area (Å²) in [6, 6.07) is 7.02. The molecule has 8 nitrogen and oxygen atoms in total. The van der Waals surface area contributed by atoms with Gasteiger partial charge in [0.2, 0.25) is 0 Å². The van der Waals surface area contributed by atoms with Gasteiger partial charge in [-0.15, -0.1) is 0 Å². The number of benzene rings is 1. The van der Waals surface area contributed by atoms with Crippen LogP contribution < -0.4 is 4.90 Å². The van der Waals surface area contributed by atoms with Gasteiger partial charge in [-0.05, 0) is 23.3 Å². The molecule has 0 aliphatic carbocycles. The van der Waals surface area contributed by atoms with Crippen LogP contribution in [0.4, 0.5) is 10.2 Å². The molecule has 144 valence electrons. The fourth-order valence-electron chi connectivity index (χ4n) is 3.97. The number of hydrogen-bond donors (Lipinski definition) is 1. The van der Waals surface area contributed by atoms with E-state index < -0.39 is 0 Å². The van der Waals surface area contributed by atoms with Crippen molar-refractivity contribution in [1.29, 1.82) is 5.26 Å². The van der Waals surface area contributed by atoms with Crippen molar-refractivity contribution in [2.45, 2.75) is 19.4 Å². The molecule has 0 spiro atoms. The van der Waals surface area contributed by atoms with Crippen molar-refractivity contribution in [3.63, 3.8) is 0 Å². The second-order valence-corrected chi connectivity index (χ2v) is 7.27. The number of aryl methyl sites for hydroxylation is 1. The Morgan fingerprint density at radius 2 is 2.14 bits per heavy atom. The molecule has 4 heterocycles. The molecule has 1 atom stereocenters. The van der Waals surface area contributed by atoms with Crippen LogP contribution in [-0.2, 0) is 13.6 Å². The molecular formula is C20H17FN8. The first-order chi connectivity index (χ1) is 14.0. The van der Waals surface area contributed by atoms with E-state index in [-0.39, 0.29) is 11.7 Å². The van der Waals surface area contributed by atoms with Crippen LogP contribution in [0, 0.1) is 17.1 Å². The van der Waals surface area contributed by atoms with Gasteiger partial charge < -0.3 is 4.90 Å². The highest BCUT2D eigenvalue weighted by Gasteiger charge is 2.27. The Labute approximate surface area is 165 Å². The number of nitrogens with one attached hydrogen (secondary N) is 1. The number of H-pyrrole nitrogens is 1. The average Bonchev–Trinajstić information content (AvgIpc) is 3.28. The van der Waals surface area contributed by atoms with E-state index in [1.807, 2.05) is 18.9 Å². The molecule has 3 aromatic heterocycles. The van der Waals surface area contributed by atoms with E-state index in [4.69, 9.17) is 4.98 Å². The zero-order valence-electron chi connectivity index (χ0n) is 16.1. The Morgan fingerprint density at radius 3 is 2.93 bits per heavy atom. The first kappa shape index (κ1) is 17.3. The van der Waals surface area contributed by atoms with Gasteiger partial charge in [-0.1, -0.05) is 13.0 Å². The smallest absolute Gasteiger partial charge is 0.199 e. The minimum absolute atomic E-state index is 0.171. The molecule has 1 aliphatic heterocycles. The van der Waals surface area contributed by atoms with Gasteiger partial charge >= 0.3 is 0 Å². The molecule has 0 fully saturated rings. The first-order valence-electron chi connectivity index (χ1n) is 9.16. The Hall–Kier alpha value is -3.80. The van der Waals surface area contributed by atoms with Crippen molar-refractivity contribution >= 4 is 17.0 Å². The highest BCUT2D eigenvalue weighted by atomic mass is 19.1. The lowest BCUT2D eigenvalue weighted by Crippen LogP contribution is -2.19. The quantitative estimate of drug-likeness (QED) is 0.497. The number of anilines is 1. The van der Waals surface area contributed by atoms with Crippen molar-refractivity contribution in [3.8, 4) is 17.3 Å². The third-order valence-electron chi connectivity index (χ3n) is 5.46. The van der Waals surface area contributed by atoms with Crippen LogP contribution >= 0.6 is 0 Å². The largest absolute Gasteiger partial charge is 0.353 e. The summed E-state index contributed by atoms with van der Waals surface area (Å²) >= 11 is 0. The molecule has 29 heavy (non-hydrogen) atoms. The third kappa shape index (κ3) is 2.49. The summed E-state index contributed by atoms with van der Waals surface area (Å²) in [5.74, 6) is 0.150. The van der Waals surface area contributed by atoms with Crippen LogP contribution in [0.3, 0.4) is 0 Å². The second kappa shape index (κ2) is 6.10. The summed E-state index contributed by atoms with van der Waals surface area (Å²) in [7, 11) is 3.63. The molecule has 2 bridgehead atoms. The molecule has 4 aromatic rings. The van der Waals surface area contributed by atoms with E-state index in [1.165, 1.54) is 6.07 Å². The number of halogens is 1. The summed E-state index contributed by atoms with van der Waals surface area (Å²) in [6.45, 7) is 2.49. The fraction of sp³-hybridized carbons (Fsp3) is 0.250. The predicted molar refractivity (Wildman–Crippen MR) is 105 cm³/mol. The van der Waals surface area contributed by atoms with Gasteiger partial charge in [0, 0.05) is 26.6 Å². The molecule has 1 N–H and O–H groups in total. The first-order valence-corrected chi connectivity index (χ1v) is 9.16. The van der Waals surface area contributed by atoms with Crippen molar-refractivity contribution in [2.75, 3.05) is 11.9 Å². The second-order valence-electron chi connectivity index (χ2n) is 7.27. The summed E-state index contributed by atoms with van der Waals surface area (Å²) in [5.41, 5.74) is 5.22. The van der Waals surface area contributed by atoms with E-state index in [2.05, 4.69) is 26.3 Å². The summed E-state index contributed by atoms with van der Waals surface area (Å²) in [5, 5.41) is 21.6. The Kier molecular flexibility index (Phi) is 3.64. The highest BCUT2D eigenvalue weighted by Crippen LogP contribution is 2.37. The number of hydrogen-bond acceptors (Lipinski definition) is 6. The minimum atomic E-state index is -0.297. The SMILES string of the molecule is C[C@@H]1c2cc(F)ccc2CN(C)c2nn(C)c(C#N)c2-c2cnc3n[nH]c1c3n2. The van der Waals surface area contributed by atoms with Crippen molar-refractivity contribution in [3.05, 3.63) is 52.7 Å². The number of fused-ring (bicyclic) bond motifs is 4. The Morgan fingerprint density at radius 1 is 1.31 bits per heavy atom. The van der Waals surface area contributed by atoms with Crippen LogP contribution in [0.1, 0.15) is 35.4 Å². The molecule has 9 heteroatoms. The summed E-state index contributed by atoms with van der Waals surface area (Å²) < 4.78 is 15.7. The maximum Gasteiger partial charge on any atom is 0.199 e. The number of rotatable bonds is 0. The van der Waals surface area contributed by atoms with Crippen LogP contribution in [0.25, 0.3) is 22.4 Å². The van der Waals surface area contributed by atoms with Gasteiger partial charge in [-0.2, -0.15) is 15.5 Å². The van der Waals surface area contributed by atoms with Gasteiger partial charge in [0.1, 0.15) is 23.1 Å². The van der Waals surface area contributed by atoms with Crippen molar-refractivity contribution in [2.24, 2.45) is 7.05 Å². The molecule has 0 saturated heterocycles. The topological polar surface area (TPSA) is 99.3 Å². The van der Waals surface area contributed by atoms with Gasteiger partial charge in [0.25, 0.3) is 0 Å². The van der Waals surface area contributed by atoms with Gasteiger partial charge in [-0.25, -0.2) is 14.4 Å². The molecule has 0 radical (unpaired) electrons. The molecule has 0 amide bonds. The van der Waals surface area contributed by atoms with E-state index in [0.29, 0.717) is 40.5 Å². The van der Waals surface area contributed by atoms with E-state index >= 15 is 0 Å². The Bertz CT molecular complexity index is 1310. The average molecular weight is 388 g/mol. The van der Waals surface area contributed by atoms with E-state index in [9.17, 15) is 9.65 Å². The number of aromatic amines is 1. The van der Waals surface area contributed by atoms with Gasteiger partial charge in [-0.3, -0.25) is 9.78 Å². The van der Waals surface area contributed by atoms with E-state index in [1.54, 1.807) is 30.1 Å². The molecule has 0 unspecified atom stereocenters. The number of nitrogens with zero attached hydrogens (tertiary/aromatic N) is 7. The third-order valence-corrected chi connectivity index (χ3v) is 5.46. The zero-order chi connectivity index (χ0) is 20.3. The molecule has 1 aromatic carbocycles. The molecular weight excluding hydrogens is 371 g/mol. The van der Waals surface area contributed by atoms with Crippen molar-refractivity contribution < 1.29 is 4.39 Å². The number of nitriles is 1. The highest BCUT2D eigenvalue weighted by molar-refractivity contribution is 5.83. The normalized spacial score (nSPS) is 15.7. The van der Waals surface area contributed by atoms with Crippen LogP contribution in [0.2, 0.25) is 0 Å². The maximum atomic E-state index is 14.1. The zero-order valence-corrected chi connectivity index (χ0v) is 16.1. The fourth-order valence-corrected chi connectivity index (χ4v) is 3.97. The van der Waals surface area contributed by atoms with Gasteiger partial charge in [0.15, 0.2) is 11.5 Å². The van der Waals surface area contributed by atoms with Gasteiger partial charge in [0.05, 0.1) is 23.1 Å². The predicted octanol–water partition coefficient (Wildman–Crippen LogP) is 2.87. The maximum absolute atomic E-state index is 14.1. The molecule has 5 rings (SSSR count). The lowest BCUT2D eigenvalue weighted by atomic mass is 9.92. The molecule has 1 aliphatic rings. The number of aromatic nitrogens is 6. The lowest BCUT2D eigenvalue weighted by molar-refractivity contribution is 0.622. The summed E-state index contributed by atoms with van der Waals surface area (Å²) in [6.07, 6.45) is 1.61. The van der Waals surface area contributed by atoms with Crippen LogP contribution in [0.5, 0.6) is 0 Å². The molecule has 0 saturated carbocycles. The standard InChI is InChI=1S/C20H17FN8/c1-10-13-6-12(21)5-4-11(13)9-28(2)20-16(15(7-22)29(3)27-20)14-8-23-19-18(24-14)17(10)25-26-19/h4-6,8,10H,9H2,1-3H3,(H,23,25,26)/t10-/m1/s1. The Balaban J connectivity index is 1.88. The van der Waals surface area contributed by atoms with Crippen LogP contribution in [0.15, 0.2) is 24.4 Å². The van der Waals surface area contributed by atoms with Crippen LogP contribution in [-0.4, -0.2) is 37.0 Å². The summed E-state index contributed by atoms with van der Waals surface area (Å²) in [4.78, 5) is 11.2. The minimum Gasteiger partial charge on any atom is -0.353 e. The van der Waals surface area contributed by atoms with E-state index in [0.717, 1.165) is 16.8 Å². The monoisotopic (exact) mass is 388 g/mol.